The van der Waals surface area contributed by atoms with Gasteiger partial charge in [0.1, 0.15) is 63.3 Å². The van der Waals surface area contributed by atoms with E-state index in [0.717, 1.165) is 44.7 Å². The quantitative estimate of drug-likeness (QED) is 0.00860. The van der Waals surface area contributed by atoms with Gasteiger partial charge in [0.15, 0.2) is 12.6 Å². The molecule has 2 aliphatic heterocycles. The Morgan fingerprint density at radius 3 is 1.35 bits per heavy atom. The fraction of sp³-hybridized carbons (Fsp3) is 0.447. The van der Waals surface area contributed by atoms with E-state index < -0.39 is 88.2 Å². The second-order valence-electron chi connectivity index (χ2n) is 32.2. The van der Waals surface area contributed by atoms with Crippen LogP contribution in [0.15, 0.2) is 194 Å². The van der Waals surface area contributed by atoms with E-state index in [2.05, 4.69) is 67.4 Å². The Hall–Kier alpha value is -8.21. The summed E-state index contributed by atoms with van der Waals surface area (Å²) in [4.78, 5) is 54.9. The van der Waals surface area contributed by atoms with Crippen LogP contribution >= 0.6 is 16.0 Å². The SMILES string of the molecule is O=S=P.O=S=P.[3H]C(C)C(C)/C=C\C(OC(=O)c1ccccc1)C1OC(C)(C)O[C@H]1C/C=C/c1cc(OCc2ccc(OC)cc2)cc(OCOC)c1C(=O)OCC[Si](C)(C)C.[3H]C(C)C(C)/C=C\C(OC(=O)c1ccccc1)C1OC(C)(C)O[C@H]1CCC([Se]c1ccccc1)c1cc(OCc2ccc(OC)cc2)cc(OCOC)c1C(=O)OCC[Si](C)(C)C. The molecule has 11 atom stereocenters. The summed E-state index contributed by atoms with van der Waals surface area (Å²) in [7, 11) is 8.97. The molecule has 0 N–H and O–H groups in total. The van der Waals surface area contributed by atoms with Crippen molar-refractivity contribution in [3.63, 3.8) is 0 Å². The maximum absolute atomic E-state index is 14.4. The Morgan fingerprint density at radius 2 is 0.927 bits per heavy atom. The van der Waals surface area contributed by atoms with Crippen molar-refractivity contribution in [3.8, 4) is 34.5 Å². The van der Waals surface area contributed by atoms with Crippen molar-refractivity contribution in [1.82, 2.24) is 0 Å². The number of benzene rings is 7. The van der Waals surface area contributed by atoms with Crippen molar-refractivity contribution >= 4 is 103 Å². The molecule has 2 fully saturated rings. The van der Waals surface area contributed by atoms with Crippen LogP contribution in [-0.4, -0.2) is 167 Å². The van der Waals surface area contributed by atoms with E-state index in [4.69, 9.17) is 86.9 Å². The molecule has 123 heavy (non-hydrogen) atoms. The third kappa shape index (κ3) is 36.7. The molecule has 0 bridgehead atoms. The molecular weight excluding hydrogens is 1740 g/mol. The Morgan fingerprint density at radius 1 is 0.520 bits per heavy atom. The van der Waals surface area contributed by atoms with Crippen LogP contribution in [0.1, 0.15) is 159 Å². The minimum absolute atomic E-state index is 0.0940. The van der Waals surface area contributed by atoms with Crippen molar-refractivity contribution in [2.24, 2.45) is 11.8 Å². The molecule has 9 rings (SSSR count). The molecule has 7 aromatic carbocycles. The molecule has 2 aliphatic rings. The van der Waals surface area contributed by atoms with E-state index in [1.54, 1.807) is 87.0 Å². The third-order valence-corrected chi connectivity index (χ3v) is 25.4. The van der Waals surface area contributed by atoms with Gasteiger partial charge < -0.3 is 37.9 Å². The van der Waals surface area contributed by atoms with E-state index in [1.165, 1.54) is 14.2 Å². The molecule has 2 saturated heterocycles. The fourth-order valence-corrected chi connectivity index (χ4v) is 16.5. The van der Waals surface area contributed by atoms with Gasteiger partial charge in [-0.05, 0) is 95.8 Å². The Kier molecular flexibility index (Phi) is 43.4. The number of hydrogen-bond acceptors (Lipinski definition) is 22. The van der Waals surface area contributed by atoms with Crippen molar-refractivity contribution < 1.29 is 106 Å². The number of rotatable bonds is 43. The predicted octanol–water partition coefficient (Wildman–Crippen LogP) is 20.0. The molecule has 22 nitrogen and oxygen atoms in total. The average Bonchev–Trinajstić information content (AvgIpc) is 1.68. The van der Waals surface area contributed by atoms with Gasteiger partial charge in [0, 0.05) is 22.6 Å². The predicted molar refractivity (Wildman–Crippen MR) is 496 cm³/mol. The topological polar surface area (TPSA) is 250 Å². The molecule has 0 saturated carbocycles. The molecule has 668 valence electrons. The number of allylic oxidation sites excluding steroid dienone is 2. The normalized spacial score (nSPS) is 17.8. The van der Waals surface area contributed by atoms with Gasteiger partial charge in [0.25, 0.3) is 0 Å². The van der Waals surface area contributed by atoms with E-state index in [1.807, 2.05) is 171 Å². The van der Waals surface area contributed by atoms with Crippen LogP contribution < -0.4 is 32.9 Å². The molecule has 2 heterocycles. The number of carbonyl (C=O) groups excluding carboxylic acids is 4. The third-order valence-electron chi connectivity index (χ3n) is 19.2. The van der Waals surface area contributed by atoms with E-state index in [9.17, 15) is 19.2 Å². The first-order valence-corrected chi connectivity index (χ1v) is 53.9. The molecule has 0 radical (unpaired) electrons. The van der Waals surface area contributed by atoms with E-state index in [-0.39, 0.29) is 89.1 Å². The van der Waals surface area contributed by atoms with Crippen LogP contribution in [0.3, 0.4) is 0 Å². The summed E-state index contributed by atoms with van der Waals surface area (Å²) in [5.74, 6) is -1.11. The van der Waals surface area contributed by atoms with Gasteiger partial charge in [0.05, 0.1) is 25.4 Å². The first-order chi connectivity index (χ1) is 59.5. The van der Waals surface area contributed by atoms with Gasteiger partial charge in [-0.2, -0.15) is 0 Å². The summed E-state index contributed by atoms with van der Waals surface area (Å²) in [5, 5.41) is 0. The van der Waals surface area contributed by atoms with Crippen LogP contribution in [0, 0.1) is 11.8 Å². The summed E-state index contributed by atoms with van der Waals surface area (Å²) < 4.78 is 131. The monoisotopic (exact) mass is 1870 g/mol. The molecule has 0 amide bonds. The van der Waals surface area contributed by atoms with Crippen molar-refractivity contribution in [1.29, 1.82) is 0 Å². The second kappa shape index (κ2) is 53.3. The summed E-state index contributed by atoms with van der Waals surface area (Å²) in [6.07, 6.45) is 7.71. The van der Waals surface area contributed by atoms with Crippen LogP contribution in [-0.2, 0) is 82.3 Å². The van der Waals surface area contributed by atoms with Gasteiger partial charge in [-0.3, -0.25) is 0 Å². The number of carbonyl (C=O) groups is 4. The maximum atomic E-state index is 14.4. The zero-order valence-corrected chi connectivity index (χ0v) is 81.2. The summed E-state index contributed by atoms with van der Waals surface area (Å²) in [6.45, 7) is 29.2. The fourth-order valence-electron chi connectivity index (χ4n) is 12.5. The Bertz CT molecular complexity index is 4630. The molecule has 0 aliphatic carbocycles. The zero-order valence-electron chi connectivity index (χ0n) is 75.9. The second-order valence-corrected chi connectivity index (χ2v) is 47.5. The summed E-state index contributed by atoms with van der Waals surface area (Å²) in [6, 6.07) is 51.8. The summed E-state index contributed by atoms with van der Waals surface area (Å²) >= 11 is -0.217. The van der Waals surface area contributed by atoms with Crippen molar-refractivity contribution in [2.45, 2.75) is 205 Å². The molecule has 0 spiro atoms. The minimum atomic E-state index is -1.53. The Balaban J connectivity index is 0.000000366. The van der Waals surface area contributed by atoms with Crippen molar-refractivity contribution in [2.75, 3.05) is 55.2 Å². The van der Waals surface area contributed by atoms with Crippen LogP contribution in [0.5, 0.6) is 34.5 Å². The average molecular weight is 1870 g/mol. The molecular formula is C94H124O22P2S2SeSi2. The summed E-state index contributed by atoms with van der Waals surface area (Å²) in [5.41, 5.74) is 4.51. The Labute approximate surface area is 749 Å². The number of methoxy groups -OCH3 is 4. The first kappa shape index (κ1) is 100. The van der Waals surface area contributed by atoms with Crippen LogP contribution in [0.25, 0.3) is 6.08 Å². The van der Waals surface area contributed by atoms with Gasteiger partial charge in [0.2, 0.25) is 0 Å². The van der Waals surface area contributed by atoms with Gasteiger partial charge in [-0.25, -0.2) is 18.0 Å². The molecule has 29 heteroatoms. The molecule has 7 aromatic rings. The molecule has 9 unspecified atom stereocenters. The number of esters is 4. The van der Waals surface area contributed by atoms with Gasteiger partial charge in [-0.15, -0.1) is 0 Å². The van der Waals surface area contributed by atoms with Crippen LogP contribution in [0.2, 0.25) is 51.4 Å². The van der Waals surface area contributed by atoms with Crippen molar-refractivity contribution in [3.05, 3.63) is 239 Å². The number of hydrogen-bond donors (Lipinski definition) is 0. The standard InChI is InChI=1S/C50H64O10SeSi.C44H58O10Si.2HOPS/c1-10-35(2)21-26-42(58-48(51)37-17-13-11-14-18-37)47-43(59-50(3,4)60-47)27-28-45(61-40-19-15-12-16-20-40)41-31-39(56-33-36-22-24-38(54-6)25-23-36)32-44(57-34-53-5)46(41)49(52)55-29-30-62(7,8)9;1-10-31(2)19-24-37(52-42(45)33-15-12-11-13-16-33)41-38(53-44(3,4)54-41)18-14-17-34-27-36(50-29-32-20-22-35(48-6)23-21-32)28-39(51-30-47-5)40(34)43(46)49-25-26-55(7,8)9;2*1-3-2/h11-26,31-32,35,42-43,45,47H,10,27-30,33-34H2,1-9H3;11-17,19-24,27-28,31,37-38,41H,10,18,25-26,29-30H2,1-9H3;2*2H/b26-21-;17-14+,24-19-;;/t35?,42?,43-,45?,47?;31?,37?,38-,41?;;/m00../s1/i2*10T;;/t10?,35?,42?,43-,45?,47?;10?,31?,37?,38-,41?;;. The zero-order chi connectivity index (χ0) is 91.9. The van der Waals surface area contributed by atoms with E-state index in [0.29, 0.717) is 87.1 Å². The van der Waals surface area contributed by atoms with Gasteiger partial charge >= 0.3 is 391 Å². The molecule has 0 aromatic heterocycles. The first-order valence-electron chi connectivity index (χ1n) is 41.8. The van der Waals surface area contributed by atoms with E-state index >= 15 is 0 Å². The van der Waals surface area contributed by atoms with Crippen LogP contribution in [0.4, 0.5) is 0 Å². The number of ether oxygens (including phenoxy) is 16. The van der Waals surface area contributed by atoms with Gasteiger partial charge in [-0.1, -0.05) is 88.4 Å².